The number of halogens is 6. The Labute approximate surface area is 155 Å². The normalized spacial score (nSPS) is 26.0. The van der Waals surface area contributed by atoms with Crippen LogP contribution in [0.3, 0.4) is 0 Å². The zero-order chi connectivity index (χ0) is 20.5. The summed E-state index contributed by atoms with van der Waals surface area (Å²) in [6.07, 6.45) is -3.66. The Balaban J connectivity index is 2.21. The summed E-state index contributed by atoms with van der Waals surface area (Å²) in [5, 5.41) is 0. The first-order chi connectivity index (χ1) is 12.2. The molecule has 2 aliphatic carbocycles. The van der Waals surface area contributed by atoms with Gasteiger partial charge >= 0.3 is 20.1 Å². The van der Waals surface area contributed by atoms with Gasteiger partial charge in [0.05, 0.1) is 6.61 Å². The van der Waals surface area contributed by atoms with Gasteiger partial charge in [-0.1, -0.05) is 12.2 Å². The van der Waals surface area contributed by atoms with Crippen molar-refractivity contribution in [3.63, 3.8) is 0 Å². The highest BCUT2D eigenvalue weighted by Gasteiger charge is 2.42. The van der Waals surface area contributed by atoms with Crippen LogP contribution < -0.4 is 0 Å². The highest BCUT2D eigenvalue weighted by Crippen LogP contribution is 2.57. The molecule has 0 aliphatic heterocycles. The molecule has 0 aromatic rings. The lowest BCUT2D eigenvalue weighted by Crippen LogP contribution is -2.25. The van der Waals surface area contributed by atoms with Crippen molar-refractivity contribution in [2.45, 2.75) is 44.8 Å². The molecule has 0 spiro atoms. The third kappa shape index (κ3) is 7.89. The lowest BCUT2D eigenvalue weighted by Gasteiger charge is -2.30. The number of allylic oxidation sites excluding steroid dienone is 2. The Hall–Kier alpha value is -0.353. The van der Waals surface area contributed by atoms with Gasteiger partial charge in [-0.15, -0.1) is 0 Å². The van der Waals surface area contributed by atoms with Crippen LogP contribution in [0.4, 0.5) is 26.3 Å². The van der Waals surface area contributed by atoms with E-state index in [-0.39, 0.29) is 18.4 Å². The Morgan fingerprint density at radius 3 is 1.85 bits per heavy atom. The van der Waals surface area contributed by atoms with Crippen molar-refractivity contribution in [3.8, 4) is 0 Å². The molecule has 2 aliphatic rings. The molecule has 27 heavy (non-hydrogen) atoms. The largest absolute Gasteiger partial charge is 0.412 e. The van der Waals surface area contributed by atoms with Crippen LogP contribution in [0.2, 0.25) is 19.6 Å². The average Bonchev–Trinajstić information content (AvgIpc) is 3.08. The fourth-order valence-electron chi connectivity index (χ4n) is 3.15. The van der Waals surface area contributed by atoms with Gasteiger partial charge in [-0.2, -0.15) is 26.3 Å². The second kappa shape index (κ2) is 8.18. The number of hydrogen-bond acceptors (Lipinski definition) is 4. The van der Waals surface area contributed by atoms with E-state index in [1.165, 1.54) is 0 Å². The number of nitrogens with zero attached hydrogens (tertiary/aromatic N) is 1. The maximum Gasteiger partial charge on any atom is 0.412 e. The predicted octanol–water partition coefficient (Wildman–Crippen LogP) is 6.15. The first-order valence-electron chi connectivity index (χ1n) is 8.55. The molecule has 0 aromatic carbocycles. The molecule has 0 heterocycles. The fraction of sp³-hybridized carbons (Fsp3) is 0.867. The average molecular weight is 439 g/mol. The molecule has 0 aromatic heterocycles. The summed E-state index contributed by atoms with van der Waals surface area (Å²) in [6, 6.07) is 0. The number of rotatable bonds is 8. The van der Waals surface area contributed by atoms with Gasteiger partial charge in [-0.3, -0.25) is 13.5 Å². The van der Waals surface area contributed by atoms with Crippen LogP contribution in [-0.4, -0.2) is 40.4 Å². The maximum atomic E-state index is 12.7. The molecule has 0 saturated heterocycles. The second-order valence-corrected chi connectivity index (χ2v) is 14.7. The van der Waals surface area contributed by atoms with Crippen LogP contribution in [0.25, 0.3) is 0 Å². The minimum atomic E-state index is -4.74. The lowest BCUT2D eigenvalue weighted by atomic mass is 9.95. The summed E-state index contributed by atoms with van der Waals surface area (Å²) in [4.78, 5) is 0. The molecular weight excluding hydrogens is 415 g/mol. The zero-order valence-electron chi connectivity index (χ0n) is 15.3. The zero-order valence-corrected chi connectivity index (χ0v) is 17.2. The minimum absolute atomic E-state index is 0.0141. The SMILES string of the molecule is C[Si](C)(C)N=P(OCC1CC2C=CC1C2)(OCC(F)(F)F)OCC(F)(F)F. The van der Waals surface area contributed by atoms with E-state index in [2.05, 4.69) is 10.5 Å². The first-order valence-corrected chi connectivity index (χ1v) is 13.5. The van der Waals surface area contributed by atoms with Crippen LogP contribution >= 0.6 is 7.74 Å². The van der Waals surface area contributed by atoms with E-state index >= 15 is 0 Å². The van der Waals surface area contributed by atoms with Gasteiger partial charge < -0.3 is 4.52 Å². The van der Waals surface area contributed by atoms with E-state index in [0.717, 1.165) is 12.8 Å². The smallest absolute Gasteiger partial charge is 0.303 e. The van der Waals surface area contributed by atoms with Gasteiger partial charge in [0, 0.05) is 0 Å². The van der Waals surface area contributed by atoms with E-state index in [9.17, 15) is 26.3 Å². The van der Waals surface area contributed by atoms with Crippen molar-refractivity contribution in [1.82, 2.24) is 0 Å². The molecular formula is C15H24F6NO3PSi. The van der Waals surface area contributed by atoms with E-state index in [1.54, 1.807) is 19.6 Å². The Morgan fingerprint density at radius 2 is 1.48 bits per heavy atom. The fourth-order valence-corrected chi connectivity index (χ4v) is 8.01. The summed E-state index contributed by atoms with van der Waals surface area (Å²) >= 11 is 0. The highest BCUT2D eigenvalue weighted by atomic mass is 31.2. The Bertz CT molecular complexity index is 580. The third-order valence-electron chi connectivity index (χ3n) is 4.07. The standard InChI is InChI=1S/C15H24F6NO3PSi/c1-27(2,3)22-26(24-9-14(16,17)18,25-10-15(19,20)21)23-8-13-7-11-4-5-12(13)6-11/h4-5,11-13H,6-10H2,1-3H3. The van der Waals surface area contributed by atoms with Crippen LogP contribution in [0.15, 0.2) is 16.6 Å². The van der Waals surface area contributed by atoms with Crippen molar-refractivity contribution >= 4 is 16.0 Å². The van der Waals surface area contributed by atoms with Crippen LogP contribution in [0.1, 0.15) is 12.8 Å². The summed E-state index contributed by atoms with van der Waals surface area (Å²) in [5.74, 6) is 0.617. The van der Waals surface area contributed by atoms with Crippen molar-refractivity contribution in [1.29, 1.82) is 0 Å². The Kier molecular flexibility index (Phi) is 6.95. The molecule has 1 fully saturated rings. The topological polar surface area (TPSA) is 40.0 Å². The molecule has 4 nitrogen and oxygen atoms in total. The monoisotopic (exact) mass is 439 g/mol. The molecule has 0 amide bonds. The van der Waals surface area contributed by atoms with E-state index in [1.807, 2.05) is 6.08 Å². The van der Waals surface area contributed by atoms with E-state index in [0.29, 0.717) is 5.92 Å². The van der Waals surface area contributed by atoms with Gasteiger partial charge in [0.25, 0.3) is 0 Å². The Morgan fingerprint density at radius 1 is 0.926 bits per heavy atom. The number of hydrogen-bond donors (Lipinski definition) is 0. The molecule has 0 radical (unpaired) electrons. The van der Waals surface area contributed by atoms with Gasteiger partial charge in [0.15, 0.2) is 21.4 Å². The van der Waals surface area contributed by atoms with Gasteiger partial charge in [0.1, 0.15) is 0 Å². The predicted molar refractivity (Wildman–Crippen MR) is 91.5 cm³/mol. The van der Waals surface area contributed by atoms with Crippen molar-refractivity contribution in [2.24, 2.45) is 22.2 Å². The third-order valence-corrected chi connectivity index (χ3v) is 8.84. The van der Waals surface area contributed by atoms with Crippen molar-refractivity contribution in [2.75, 3.05) is 19.8 Å². The molecule has 2 bridgehead atoms. The van der Waals surface area contributed by atoms with Gasteiger partial charge in [-0.25, -0.2) is 0 Å². The van der Waals surface area contributed by atoms with Crippen LogP contribution in [-0.2, 0) is 13.6 Å². The minimum Gasteiger partial charge on any atom is -0.303 e. The highest BCUT2D eigenvalue weighted by molar-refractivity contribution is 7.52. The molecule has 3 unspecified atom stereocenters. The van der Waals surface area contributed by atoms with E-state index < -0.39 is 41.5 Å². The molecule has 12 heteroatoms. The van der Waals surface area contributed by atoms with Crippen molar-refractivity contribution < 1.29 is 39.9 Å². The quantitative estimate of drug-likeness (QED) is 0.197. The molecule has 0 N–H and O–H groups in total. The summed E-state index contributed by atoms with van der Waals surface area (Å²) in [7, 11) is -6.69. The summed E-state index contributed by atoms with van der Waals surface area (Å²) in [6.45, 7) is 1.41. The molecule has 2 rings (SSSR count). The summed E-state index contributed by atoms with van der Waals surface area (Å²) in [5.41, 5.74) is 0. The molecule has 158 valence electrons. The maximum absolute atomic E-state index is 12.7. The lowest BCUT2D eigenvalue weighted by molar-refractivity contribution is -0.167. The number of alkyl halides is 6. The first kappa shape index (κ1) is 22.9. The van der Waals surface area contributed by atoms with Crippen LogP contribution in [0.5, 0.6) is 0 Å². The van der Waals surface area contributed by atoms with E-state index in [4.69, 9.17) is 13.6 Å². The number of fused-ring (bicyclic) bond motifs is 2. The molecule has 3 atom stereocenters. The van der Waals surface area contributed by atoms with Gasteiger partial charge in [0.2, 0.25) is 0 Å². The molecule has 1 saturated carbocycles. The summed E-state index contributed by atoms with van der Waals surface area (Å²) < 4.78 is 95.3. The van der Waals surface area contributed by atoms with Crippen molar-refractivity contribution in [3.05, 3.63) is 12.2 Å². The van der Waals surface area contributed by atoms with Gasteiger partial charge in [-0.05, 0) is 50.2 Å². The second-order valence-electron chi connectivity index (χ2n) is 7.85. The van der Waals surface area contributed by atoms with Crippen LogP contribution in [0, 0.1) is 17.8 Å².